The number of rotatable bonds is 8. The van der Waals surface area contributed by atoms with Gasteiger partial charge in [0.05, 0.1) is 38.7 Å². The maximum atomic E-state index is 13.4. The molecule has 1 saturated heterocycles. The van der Waals surface area contributed by atoms with Crippen LogP contribution in [0.25, 0.3) is 17.0 Å². The van der Waals surface area contributed by atoms with Crippen LogP contribution in [0.4, 0.5) is 0 Å². The summed E-state index contributed by atoms with van der Waals surface area (Å²) in [4.78, 5) is 45.4. The van der Waals surface area contributed by atoms with Crippen LogP contribution < -0.4 is 14.2 Å². The zero-order valence-electron chi connectivity index (χ0n) is 29.2. The van der Waals surface area contributed by atoms with Gasteiger partial charge < -0.3 is 33.4 Å². The Morgan fingerprint density at radius 2 is 1.76 bits per heavy atom. The predicted octanol–water partition coefficient (Wildman–Crippen LogP) is 5.51. The monoisotopic (exact) mass is 674 g/mol. The molecular formula is C38H46N2O9. The van der Waals surface area contributed by atoms with Gasteiger partial charge in [-0.1, -0.05) is 6.07 Å². The van der Waals surface area contributed by atoms with Gasteiger partial charge in [-0.25, -0.2) is 4.79 Å². The molecule has 49 heavy (non-hydrogen) atoms. The van der Waals surface area contributed by atoms with Gasteiger partial charge in [-0.2, -0.15) is 0 Å². The fourth-order valence-corrected chi connectivity index (χ4v) is 7.84. The fourth-order valence-electron chi connectivity index (χ4n) is 7.84. The number of ether oxygens (including phenoxy) is 6. The molecule has 0 bridgehead atoms. The second-order valence-corrected chi connectivity index (χ2v) is 14.2. The van der Waals surface area contributed by atoms with E-state index in [1.165, 1.54) is 36.9 Å². The molecule has 11 heteroatoms. The number of hydrogen-bond acceptors (Lipinski definition) is 10. The van der Waals surface area contributed by atoms with E-state index in [0.29, 0.717) is 17.7 Å². The van der Waals surface area contributed by atoms with E-state index in [0.717, 1.165) is 37.2 Å². The molecule has 6 atom stereocenters. The Kier molecular flexibility index (Phi) is 9.77. The van der Waals surface area contributed by atoms with Gasteiger partial charge >= 0.3 is 17.9 Å². The predicted molar refractivity (Wildman–Crippen MR) is 182 cm³/mol. The number of aromatic amines is 1. The molecule has 1 saturated carbocycles. The van der Waals surface area contributed by atoms with E-state index < -0.39 is 35.5 Å². The molecular weight excluding hydrogens is 628 g/mol. The number of fused-ring (bicyclic) bond motifs is 6. The maximum absolute atomic E-state index is 13.4. The molecule has 0 amide bonds. The van der Waals surface area contributed by atoms with Gasteiger partial charge in [0.2, 0.25) is 0 Å². The van der Waals surface area contributed by atoms with E-state index in [1.54, 1.807) is 59.3 Å². The van der Waals surface area contributed by atoms with Crippen molar-refractivity contribution in [1.29, 1.82) is 0 Å². The number of aromatic nitrogens is 1. The summed E-state index contributed by atoms with van der Waals surface area (Å²) in [5, 5.41) is 1.21. The lowest BCUT2D eigenvalue weighted by Crippen LogP contribution is -2.58. The number of methoxy groups -OCH3 is 4. The van der Waals surface area contributed by atoms with Crippen LogP contribution >= 0.6 is 0 Å². The summed E-state index contributed by atoms with van der Waals surface area (Å²) in [6.45, 7) is 6.97. The number of carbonyl (C=O) groups is 3. The van der Waals surface area contributed by atoms with Gasteiger partial charge in [0.1, 0.15) is 18.0 Å². The van der Waals surface area contributed by atoms with E-state index in [4.69, 9.17) is 28.4 Å². The number of carbonyl (C=O) groups excluding carboxylic acids is 3. The van der Waals surface area contributed by atoms with Crippen LogP contribution in [-0.4, -0.2) is 81.5 Å². The van der Waals surface area contributed by atoms with Crippen LogP contribution in [0, 0.1) is 23.2 Å². The van der Waals surface area contributed by atoms with Crippen molar-refractivity contribution in [3.63, 3.8) is 0 Å². The first-order valence-corrected chi connectivity index (χ1v) is 16.8. The molecule has 1 N–H and O–H groups in total. The van der Waals surface area contributed by atoms with Crippen molar-refractivity contribution in [2.24, 2.45) is 23.2 Å². The van der Waals surface area contributed by atoms with E-state index in [-0.39, 0.29) is 29.6 Å². The standard InChI is InChI=1S/C38H46N2O9/c1-38(2,3)37(43)49-30-16-21(8-12-29(30)45-5)9-13-32(41)48-31-17-22-20-40-15-14-25-24-11-10-23(44-4)18-27(24)39-34(25)28(40)19-26(22)33(35(31)46-6)36(42)47-7/h8-13,16,18,22,26,28,31,33,35,39H,14-15,17,19-20H2,1-7H3/b13-9+/t22-,26+,28-,31-,33+,35+/m1/s1. The summed E-state index contributed by atoms with van der Waals surface area (Å²) in [5.41, 5.74) is 3.47. The van der Waals surface area contributed by atoms with E-state index in [1.807, 2.05) is 12.1 Å². The SMILES string of the molecule is COC(=O)[C@H]1[C@H]2C[C@@H]3c4[nH]c5cc(OC)ccc5c4CCN3C[C@H]2C[C@@H](OC(=O)/C=C/c2ccc(OC)c(OC(=O)C(C)(C)C)c2)[C@@H]1OC. The largest absolute Gasteiger partial charge is 0.497 e. The van der Waals surface area contributed by atoms with Crippen molar-refractivity contribution < 1.29 is 42.8 Å². The molecule has 0 radical (unpaired) electrons. The van der Waals surface area contributed by atoms with Crippen molar-refractivity contribution in [3.05, 3.63) is 59.3 Å². The molecule has 2 fully saturated rings. The number of nitrogens with one attached hydrogen (secondary N) is 1. The average Bonchev–Trinajstić information content (AvgIpc) is 3.47. The highest BCUT2D eigenvalue weighted by Crippen LogP contribution is 2.50. The summed E-state index contributed by atoms with van der Waals surface area (Å²) in [5.74, 6) is -0.408. The van der Waals surface area contributed by atoms with Crippen LogP contribution in [0.1, 0.15) is 56.5 Å². The molecule has 262 valence electrons. The average molecular weight is 675 g/mol. The number of benzene rings is 2. The Balaban J connectivity index is 1.20. The maximum Gasteiger partial charge on any atom is 0.331 e. The minimum absolute atomic E-state index is 0.0235. The number of esters is 3. The van der Waals surface area contributed by atoms with Gasteiger partial charge in [-0.15, -0.1) is 0 Å². The van der Waals surface area contributed by atoms with Crippen LogP contribution in [-0.2, 0) is 35.0 Å². The van der Waals surface area contributed by atoms with E-state index >= 15 is 0 Å². The molecule has 1 aromatic heterocycles. The minimum atomic E-state index is -0.707. The van der Waals surface area contributed by atoms with Crippen molar-refractivity contribution in [2.45, 2.75) is 58.3 Å². The molecule has 6 rings (SSSR count). The summed E-state index contributed by atoms with van der Waals surface area (Å²) < 4.78 is 33.7. The first-order chi connectivity index (χ1) is 23.4. The molecule has 11 nitrogen and oxygen atoms in total. The fraction of sp³-hybridized carbons (Fsp3) is 0.500. The Labute approximate surface area is 286 Å². The summed E-state index contributed by atoms with van der Waals surface area (Å²) in [6, 6.07) is 11.3. The van der Waals surface area contributed by atoms with Crippen molar-refractivity contribution >= 4 is 34.9 Å². The second-order valence-electron chi connectivity index (χ2n) is 14.2. The minimum Gasteiger partial charge on any atom is -0.497 e. The number of nitrogens with zero attached hydrogens (tertiary/aromatic N) is 1. The van der Waals surface area contributed by atoms with Crippen LogP contribution in [0.15, 0.2) is 42.5 Å². The highest BCUT2D eigenvalue weighted by atomic mass is 16.6. The van der Waals surface area contributed by atoms with Gasteiger partial charge in [0.15, 0.2) is 11.5 Å². The number of piperidine rings is 1. The van der Waals surface area contributed by atoms with E-state index in [9.17, 15) is 14.4 Å². The van der Waals surface area contributed by atoms with Gasteiger partial charge in [0, 0.05) is 48.9 Å². The van der Waals surface area contributed by atoms with Crippen molar-refractivity contribution in [1.82, 2.24) is 9.88 Å². The Morgan fingerprint density at radius 3 is 2.45 bits per heavy atom. The van der Waals surface area contributed by atoms with Crippen LogP contribution in [0.3, 0.4) is 0 Å². The summed E-state index contributed by atoms with van der Waals surface area (Å²) >= 11 is 0. The highest BCUT2D eigenvalue weighted by Gasteiger charge is 2.54. The van der Waals surface area contributed by atoms with Gasteiger partial charge in [0.25, 0.3) is 0 Å². The second kappa shape index (κ2) is 13.9. The quantitative estimate of drug-likeness (QED) is 0.186. The first kappa shape index (κ1) is 34.5. The normalized spacial score (nSPS) is 25.2. The zero-order valence-corrected chi connectivity index (χ0v) is 29.2. The zero-order chi connectivity index (χ0) is 35.0. The Morgan fingerprint density at radius 1 is 0.959 bits per heavy atom. The topological polar surface area (TPSA) is 126 Å². The van der Waals surface area contributed by atoms with Gasteiger partial charge in [-0.05, 0) is 93.3 Å². The molecule has 0 unspecified atom stereocenters. The van der Waals surface area contributed by atoms with Crippen molar-refractivity contribution in [3.8, 4) is 17.2 Å². The third-order valence-electron chi connectivity index (χ3n) is 10.3. The molecule has 3 heterocycles. The molecule has 0 spiro atoms. The first-order valence-electron chi connectivity index (χ1n) is 16.8. The molecule has 1 aliphatic carbocycles. The molecule has 2 aliphatic heterocycles. The van der Waals surface area contributed by atoms with E-state index in [2.05, 4.69) is 16.0 Å². The molecule has 3 aliphatic rings. The number of H-pyrrole nitrogens is 1. The lowest BCUT2D eigenvalue weighted by molar-refractivity contribution is -0.187. The summed E-state index contributed by atoms with van der Waals surface area (Å²) in [6.07, 6.45) is 3.83. The van der Waals surface area contributed by atoms with Crippen LogP contribution in [0.5, 0.6) is 17.2 Å². The third kappa shape index (κ3) is 6.78. The van der Waals surface area contributed by atoms with Gasteiger partial charge in [-0.3, -0.25) is 14.5 Å². The lowest BCUT2D eigenvalue weighted by atomic mass is 9.63. The van der Waals surface area contributed by atoms with Crippen molar-refractivity contribution in [2.75, 3.05) is 41.5 Å². The summed E-state index contributed by atoms with van der Waals surface area (Å²) in [7, 11) is 6.10. The Bertz CT molecular complexity index is 1760. The molecule has 2 aromatic carbocycles. The van der Waals surface area contributed by atoms with Crippen LogP contribution in [0.2, 0.25) is 0 Å². The smallest absolute Gasteiger partial charge is 0.331 e. The third-order valence-corrected chi connectivity index (χ3v) is 10.3. The highest BCUT2D eigenvalue weighted by molar-refractivity contribution is 5.88. The lowest BCUT2D eigenvalue weighted by Gasteiger charge is -2.52. The molecule has 3 aromatic rings. The Hall–Kier alpha value is -4.35. The number of hydrogen-bond donors (Lipinski definition) is 1.